The number of aromatic nitrogens is 1. The molecule has 0 radical (unpaired) electrons. The average molecular weight is 626 g/mol. The first-order valence-electron chi connectivity index (χ1n) is 14.6. The second kappa shape index (κ2) is 12.2. The van der Waals surface area contributed by atoms with E-state index in [1.165, 1.54) is 11.1 Å². The van der Waals surface area contributed by atoms with Crippen LogP contribution in [0.5, 0.6) is 0 Å². The molecule has 2 aromatic carbocycles. The van der Waals surface area contributed by atoms with E-state index in [9.17, 15) is 27.6 Å². The number of alkyl halides is 3. The molecule has 4 heterocycles. The highest BCUT2D eigenvalue weighted by Crippen LogP contribution is 2.39. The normalized spacial score (nSPS) is 19.4. The van der Waals surface area contributed by atoms with Crippen LogP contribution < -0.4 is 15.5 Å². The number of piperidine rings is 2. The van der Waals surface area contributed by atoms with Crippen molar-refractivity contribution in [2.75, 3.05) is 24.5 Å². The summed E-state index contributed by atoms with van der Waals surface area (Å²) in [5.41, 5.74) is 2.60. The second-order valence-electron chi connectivity index (χ2n) is 11.6. The number of rotatable bonds is 7. The highest BCUT2D eigenvalue weighted by atomic mass is 35.5. The number of anilines is 1. The van der Waals surface area contributed by atoms with Gasteiger partial charge >= 0.3 is 6.18 Å². The van der Waals surface area contributed by atoms with E-state index in [1.54, 1.807) is 35.2 Å². The van der Waals surface area contributed by atoms with Gasteiger partial charge in [0.05, 0.1) is 5.56 Å². The molecule has 1 atom stereocenters. The first-order chi connectivity index (χ1) is 21.1. The molecule has 0 spiro atoms. The van der Waals surface area contributed by atoms with Gasteiger partial charge in [0.1, 0.15) is 11.9 Å². The Balaban J connectivity index is 1.03. The lowest BCUT2D eigenvalue weighted by atomic mass is 9.96. The number of carbonyl (C=O) groups is 3. The Morgan fingerprint density at radius 3 is 2.52 bits per heavy atom. The average Bonchev–Trinajstić information content (AvgIpc) is 3.32. The summed E-state index contributed by atoms with van der Waals surface area (Å²) in [5.74, 6) is -0.710. The summed E-state index contributed by atoms with van der Waals surface area (Å²) in [4.78, 5) is 44.2. The molecule has 44 heavy (non-hydrogen) atoms. The smallest absolute Gasteiger partial charge is 0.356 e. The fourth-order valence-electron chi connectivity index (χ4n) is 6.25. The highest BCUT2D eigenvalue weighted by molar-refractivity contribution is 6.30. The quantitative estimate of drug-likeness (QED) is 0.351. The van der Waals surface area contributed by atoms with Crippen LogP contribution in [0.4, 0.5) is 19.0 Å². The van der Waals surface area contributed by atoms with Crippen molar-refractivity contribution in [1.82, 2.24) is 20.5 Å². The van der Waals surface area contributed by atoms with Crippen molar-refractivity contribution in [3.63, 3.8) is 0 Å². The Morgan fingerprint density at radius 2 is 1.80 bits per heavy atom. The maximum Gasteiger partial charge on any atom is 0.419 e. The van der Waals surface area contributed by atoms with Gasteiger partial charge in [0.25, 0.3) is 5.91 Å². The third kappa shape index (κ3) is 6.30. The Bertz CT molecular complexity index is 1610. The fourth-order valence-corrected chi connectivity index (χ4v) is 6.44. The maximum atomic E-state index is 14.1. The van der Waals surface area contributed by atoms with Gasteiger partial charge in [0, 0.05) is 54.9 Å². The Hall–Kier alpha value is -3.96. The number of carbonyl (C=O) groups excluding carboxylic acids is 3. The van der Waals surface area contributed by atoms with Crippen LogP contribution >= 0.6 is 11.6 Å². The molecule has 2 N–H and O–H groups in total. The number of hydrogen-bond acceptors (Lipinski definition) is 6. The maximum absolute atomic E-state index is 14.1. The first kappa shape index (κ1) is 30.1. The first-order valence-corrected chi connectivity index (χ1v) is 15.0. The second-order valence-corrected chi connectivity index (χ2v) is 12.0. The minimum absolute atomic E-state index is 0.0475. The van der Waals surface area contributed by atoms with Crippen LogP contribution in [0.2, 0.25) is 5.02 Å². The molecule has 6 rings (SSSR count). The number of hydrogen-bond donors (Lipinski definition) is 2. The van der Waals surface area contributed by atoms with E-state index in [-0.39, 0.29) is 24.1 Å². The summed E-state index contributed by atoms with van der Waals surface area (Å²) in [7, 11) is 0. The highest BCUT2D eigenvalue weighted by Gasteiger charge is 2.39. The zero-order valence-electron chi connectivity index (χ0n) is 23.8. The van der Waals surface area contributed by atoms with Gasteiger partial charge in [-0.3, -0.25) is 19.7 Å². The van der Waals surface area contributed by atoms with Crippen LogP contribution in [0.3, 0.4) is 0 Å². The van der Waals surface area contributed by atoms with Crippen molar-refractivity contribution >= 4 is 35.1 Å². The van der Waals surface area contributed by atoms with Crippen LogP contribution in [0.25, 0.3) is 11.1 Å². The molecule has 3 aliphatic rings. The van der Waals surface area contributed by atoms with E-state index in [2.05, 4.69) is 15.6 Å². The summed E-state index contributed by atoms with van der Waals surface area (Å²) in [6, 6.07) is 12.8. The summed E-state index contributed by atoms with van der Waals surface area (Å²) in [6.07, 6.45) is -1.10. The lowest BCUT2D eigenvalue weighted by molar-refractivity contribution is -0.138. The molecular weight excluding hydrogens is 595 g/mol. The lowest BCUT2D eigenvalue weighted by Gasteiger charge is -2.34. The van der Waals surface area contributed by atoms with Gasteiger partial charge in [-0.15, -0.1) is 0 Å². The van der Waals surface area contributed by atoms with Gasteiger partial charge in [-0.05, 0) is 72.7 Å². The number of halogens is 4. The van der Waals surface area contributed by atoms with E-state index in [1.807, 2.05) is 12.1 Å². The van der Waals surface area contributed by atoms with Crippen molar-refractivity contribution < 1.29 is 27.6 Å². The SMILES string of the molecule is O=C1CC[C@@H](N2Cc3cc(CNCC4CCN(c5ncc(-c6cccc(Cl)c6)cc5C(F)(F)F)CC4)ccc3C2=O)C(=O)N1. The van der Waals surface area contributed by atoms with E-state index in [0.717, 1.165) is 30.0 Å². The summed E-state index contributed by atoms with van der Waals surface area (Å²) in [6.45, 7) is 2.54. The van der Waals surface area contributed by atoms with Crippen molar-refractivity contribution in [3.05, 3.63) is 82.0 Å². The van der Waals surface area contributed by atoms with Crippen LogP contribution in [0.1, 0.15) is 52.7 Å². The summed E-state index contributed by atoms with van der Waals surface area (Å²) in [5, 5.41) is 6.21. The lowest BCUT2D eigenvalue weighted by Crippen LogP contribution is -2.52. The van der Waals surface area contributed by atoms with Crippen molar-refractivity contribution in [1.29, 1.82) is 0 Å². The van der Waals surface area contributed by atoms with E-state index >= 15 is 0 Å². The summed E-state index contributed by atoms with van der Waals surface area (Å²) >= 11 is 6.04. The number of benzene rings is 2. The van der Waals surface area contributed by atoms with E-state index < -0.39 is 23.7 Å². The number of pyridine rings is 1. The molecule has 2 saturated heterocycles. The van der Waals surface area contributed by atoms with Gasteiger partial charge in [-0.25, -0.2) is 4.98 Å². The minimum Gasteiger partial charge on any atom is -0.356 e. The molecule has 0 saturated carbocycles. The molecule has 2 fully saturated rings. The Kier molecular flexibility index (Phi) is 8.34. The van der Waals surface area contributed by atoms with Crippen LogP contribution in [-0.2, 0) is 28.9 Å². The number of nitrogens with one attached hydrogen (secondary N) is 2. The molecule has 0 bridgehead atoms. The largest absolute Gasteiger partial charge is 0.419 e. The zero-order valence-corrected chi connectivity index (χ0v) is 24.5. The van der Waals surface area contributed by atoms with Gasteiger partial charge in [-0.1, -0.05) is 35.9 Å². The van der Waals surface area contributed by atoms with Gasteiger partial charge in [-0.2, -0.15) is 13.2 Å². The topological polar surface area (TPSA) is 94.6 Å². The fraction of sp³-hybridized carbons (Fsp3) is 0.375. The van der Waals surface area contributed by atoms with Crippen molar-refractivity contribution in [2.45, 2.75) is 51.0 Å². The van der Waals surface area contributed by atoms with Crippen molar-refractivity contribution in [2.24, 2.45) is 5.92 Å². The number of imide groups is 1. The summed E-state index contributed by atoms with van der Waals surface area (Å²) < 4.78 is 42.2. The Labute approximate surface area is 257 Å². The van der Waals surface area contributed by atoms with E-state index in [4.69, 9.17) is 11.6 Å². The standard InChI is InChI=1S/C32H31ClF3N5O3/c33-24-3-1-2-21(13-24)22-14-26(32(34,35)36)29(38-17-22)40-10-8-19(9-11-40)15-37-16-20-4-5-25-23(12-20)18-41(31(25)44)27-6-7-28(42)39-30(27)43/h1-5,12-14,17,19,27,37H,6-11,15-16,18H2,(H,39,42,43)/t27-/m1/s1. The molecule has 1 aromatic heterocycles. The predicted octanol–water partition coefficient (Wildman–Crippen LogP) is 5.19. The van der Waals surface area contributed by atoms with Gasteiger partial charge in [0.15, 0.2) is 0 Å². The number of fused-ring (bicyclic) bond motifs is 1. The van der Waals surface area contributed by atoms with Crippen LogP contribution in [0.15, 0.2) is 54.7 Å². The third-order valence-corrected chi connectivity index (χ3v) is 8.83. The molecule has 0 unspecified atom stereocenters. The van der Waals surface area contributed by atoms with Crippen LogP contribution in [0, 0.1) is 5.92 Å². The molecule has 12 heteroatoms. The molecule has 3 aliphatic heterocycles. The molecule has 3 amide bonds. The minimum atomic E-state index is -4.55. The third-order valence-electron chi connectivity index (χ3n) is 8.59. The molecule has 3 aromatic rings. The van der Waals surface area contributed by atoms with Crippen molar-refractivity contribution in [3.8, 4) is 11.1 Å². The Morgan fingerprint density at radius 1 is 1.00 bits per heavy atom. The monoisotopic (exact) mass is 625 g/mol. The number of nitrogens with zero attached hydrogens (tertiary/aromatic N) is 3. The molecule has 0 aliphatic carbocycles. The van der Waals surface area contributed by atoms with E-state index in [0.29, 0.717) is 66.8 Å². The molecular formula is C32H31ClF3N5O3. The predicted molar refractivity (Wildman–Crippen MR) is 159 cm³/mol. The number of amides is 3. The zero-order chi connectivity index (χ0) is 31.0. The van der Waals surface area contributed by atoms with Gasteiger partial charge < -0.3 is 15.1 Å². The molecule has 230 valence electrons. The van der Waals surface area contributed by atoms with Crippen LogP contribution in [-0.4, -0.2) is 53.3 Å². The van der Waals surface area contributed by atoms with Gasteiger partial charge in [0.2, 0.25) is 11.8 Å². The molecule has 8 nitrogen and oxygen atoms in total.